The first-order chi connectivity index (χ1) is 10.7. The monoisotopic (exact) mass is 297 g/mol. The van der Waals surface area contributed by atoms with Crippen molar-refractivity contribution < 1.29 is 14.3 Å². The van der Waals surface area contributed by atoms with Gasteiger partial charge in [-0.15, -0.1) is 0 Å². The second-order valence-corrected chi connectivity index (χ2v) is 5.74. The van der Waals surface area contributed by atoms with E-state index in [9.17, 15) is 4.79 Å². The number of benzene rings is 1. The van der Waals surface area contributed by atoms with Crippen LogP contribution in [0.25, 0.3) is 6.08 Å². The molecule has 0 spiro atoms. The molecular weight excluding hydrogens is 278 g/mol. The Hall–Kier alpha value is -2.33. The quantitative estimate of drug-likeness (QED) is 0.830. The highest BCUT2D eigenvalue weighted by molar-refractivity contribution is 6.01. The number of furan rings is 1. The number of hydrogen-bond donors (Lipinski definition) is 2. The Balaban J connectivity index is 1.59. The molecule has 1 heterocycles. The minimum absolute atomic E-state index is 0.0473. The number of hydrogen-bond acceptors (Lipinski definition) is 3. The molecule has 1 amide bonds. The van der Waals surface area contributed by atoms with Gasteiger partial charge >= 0.3 is 0 Å². The molecule has 0 bridgehead atoms. The van der Waals surface area contributed by atoms with Gasteiger partial charge in [0.1, 0.15) is 11.5 Å². The molecule has 0 radical (unpaired) electrons. The number of amides is 1. The third kappa shape index (κ3) is 3.46. The van der Waals surface area contributed by atoms with Crippen LogP contribution in [0.4, 0.5) is 5.69 Å². The van der Waals surface area contributed by atoms with Gasteiger partial charge in [-0.05, 0) is 48.2 Å². The predicted octanol–water partition coefficient (Wildman–Crippen LogP) is 3.55. The standard InChI is InChI=1S/C18H19NO3/c1-12-9-16(12)17-7-5-15(22-17)6-8-18(21)19-14-4-2-3-13(10-14)11-20/h2-8,10,12,16,20H,9,11H2,1H3,(H,19,21)/b8-6+. The molecule has 3 rings (SSSR count). The molecule has 2 aromatic rings. The molecule has 1 fully saturated rings. The molecule has 1 aromatic heterocycles. The molecule has 0 aliphatic heterocycles. The van der Waals surface area contributed by atoms with Gasteiger partial charge in [-0.2, -0.15) is 0 Å². The minimum Gasteiger partial charge on any atom is -0.461 e. The van der Waals surface area contributed by atoms with E-state index in [1.807, 2.05) is 12.1 Å². The fraction of sp³-hybridized carbons (Fsp3) is 0.278. The lowest BCUT2D eigenvalue weighted by molar-refractivity contribution is -0.111. The molecule has 1 aromatic carbocycles. The van der Waals surface area contributed by atoms with Crippen molar-refractivity contribution in [3.8, 4) is 0 Å². The van der Waals surface area contributed by atoms with Gasteiger partial charge in [-0.3, -0.25) is 4.79 Å². The lowest BCUT2D eigenvalue weighted by Gasteiger charge is -2.03. The maximum absolute atomic E-state index is 11.9. The molecule has 2 unspecified atom stereocenters. The largest absolute Gasteiger partial charge is 0.461 e. The molecule has 4 heteroatoms. The topological polar surface area (TPSA) is 62.5 Å². The average Bonchev–Trinajstić information content (AvgIpc) is 3.07. The van der Waals surface area contributed by atoms with E-state index in [1.54, 1.807) is 30.3 Å². The van der Waals surface area contributed by atoms with Crippen molar-refractivity contribution in [3.63, 3.8) is 0 Å². The van der Waals surface area contributed by atoms with Crippen LogP contribution in [-0.2, 0) is 11.4 Å². The number of rotatable bonds is 5. The van der Waals surface area contributed by atoms with Crippen LogP contribution in [0, 0.1) is 5.92 Å². The molecule has 2 atom stereocenters. The van der Waals surface area contributed by atoms with E-state index in [-0.39, 0.29) is 12.5 Å². The number of nitrogens with one attached hydrogen (secondary N) is 1. The number of carbonyl (C=O) groups excluding carboxylic acids is 1. The van der Waals surface area contributed by atoms with E-state index in [4.69, 9.17) is 9.52 Å². The van der Waals surface area contributed by atoms with Crippen LogP contribution in [0.15, 0.2) is 46.9 Å². The minimum atomic E-state index is -0.229. The highest BCUT2D eigenvalue weighted by atomic mass is 16.3. The normalized spacial score (nSPS) is 20.3. The van der Waals surface area contributed by atoms with Crippen molar-refractivity contribution in [2.75, 3.05) is 5.32 Å². The average molecular weight is 297 g/mol. The molecule has 4 nitrogen and oxygen atoms in total. The summed E-state index contributed by atoms with van der Waals surface area (Å²) in [5, 5.41) is 11.8. The smallest absolute Gasteiger partial charge is 0.248 e. The fourth-order valence-electron chi connectivity index (χ4n) is 2.46. The van der Waals surface area contributed by atoms with E-state index in [2.05, 4.69) is 12.2 Å². The first-order valence-electron chi connectivity index (χ1n) is 7.44. The SMILES string of the molecule is CC1CC1c1ccc(/C=C/C(=O)Nc2cccc(CO)c2)o1. The van der Waals surface area contributed by atoms with Crippen molar-refractivity contribution in [1.82, 2.24) is 0 Å². The number of aliphatic hydroxyl groups is 1. The second kappa shape index (κ2) is 6.20. The van der Waals surface area contributed by atoms with Crippen molar-refractivity contribution >= 4 is 17.7 Å². The molecular formula is C18H19NO3. The van der Waals surface area contributed by atoms with Crippen LogP contribution < -0.4 is 5.32 Å². The Morgan fingerprint density at radius 3 is 2.95 bits per heavy atom. The molecule has 1 aliphatic carbocycles. The van der Waals surface area contributed by atoms with E-state index in [0.717, 1.165) is 11.3 Å². The lowest BCUT2D eigenvalue weighted by Crippen LogP contribution is -2.07. The number of aliphatic hydroxyl groups excluding tert-OH is 1. The zero-order valence-electron chi connectivity index (χ0n) is 12.5. The van der Waals surface area contributed by atoms with Gasteiger partial charge in [0.2, 0.25) is 5.91 Å². The third-order valence-corrected chi connectivity index (χ3v) is 3.90. The summed E-state index contributed by atoms with van der Waals surface area (Å²) in [5.41, 5.74) is 1.42. The van der Waals surface area contributed by atoms with Crippen LogP contribution >= 0.6 is 0 Å². The van der Waals surface area contributed by atoms with Gasteiger partial charge in [-0.1, -0.05) is 19.1 Å². The van der Waals surface area contributed by atoms with Crippen LogP contribution in [-0.4, -0.2) is 11.0 Å². The summed E-state index contributed by atoms with van der Waals surface area (Å²) in [6, 6.07) is 11.0. The molecule has 2 N–H and O–H groups in total. The Labute approximate surface area is 129 Å². The molecule has 22 heavy (non-hydrogen) atoms. The van der Waals surface area contributed by atoms with Crippen LogP contribution in [0.2, 0.25) is 0 Å². The Morgan fingerprint density at radius 2 is 2.23 bits per heavy atom. The van der Waals surface area contributed by atoms with E-state index in [0.29, 0.717) is 23.3 Å². The number of carbonyl (C=O) groups is 1. The Morgan fingerprint density at radius 1 is 1.41 bits per heavy atom. The molecule has 1 aliphatic rings. The summed E-state index contributed by atoms with van der Waals surface area (Å²) >= 11 is 0. The van der Waals surface area contributed by atoms with Crippen LogP contribution in [0.3, 0.4) is 0 Å². The summed E-state index contributed by atoms with van der Waals surface area (Å²) in [7, 11) is 0. The van der Waals surface area contributed by atoms with Crippen molar-refractivity contribution in [2.45, 2.75) is 25.9 Å². The summed E-state index contributed by atoms with van der Waals surface area (Å²) in [5.74, 6) is 2.70. The highest BCUT2D eigenvalue weighted by Gasteiger charge is 2.36. The van der Waals surface area contributed by atoms with Gasteiger partial charge in [0.25, 0.3) is 0 Å². The highest BCUT2D eigenvalue weighted by Crippen LogP contribution is 2.47. The van der Waals surface area contributed by atoms with Gasteiger partial charge < -0.3 is 14.8 Å². The van der Waals surface area contributed by atoms with Crippen LogP contribution in [0.1, 0.15) is 36.3 Å². The molecule has 1 saturated carbocycles. The van der Waals surface area contributed by atoms with Crippen LogP contribution in [0.5, 0.6) is 0 Å². The third-order valence-electron chi connectivity index (χ3n) is 3.90. The van der Waals surface area contributed by atoms with E-state index >= 15 is 0 Å². The summed E-state index contributed by atoms with van der Waals surface area (Å²) in [6.07, 6.45) is 4.30. The first kappa shape index (κ1) is 14.6. The Kier molecular flexibility index (Phi) is 4.11. The van der Waals surface area contributed by atoms with Crippen molar-refractivity contribution in [3.05, 3.63) is 59.6 Å². The fourth-order valence-corrected chi connectivity index (χ4v) is 2.46. The lowest BCUT2D eigenvalue weighted by atomic mass is 10.2. The summed E-state index contributed by atoms with van der Waals surface area (Å²) < 4.78 is 5.72. The van der Waals surface area contributed by atoms with Gasteiger partial charge in [0, 0.05) is 17.7 Å². The van der Waals surface area contributed by atoms with Crippen molar-refractivity contribution in [2.24, 2.45) is 5.92 Å². The van der Waals surface area contributed by atoms with Gasteiger partial charge in [0.15, 0.2) is 0 Å². The maximum atomic E-state index is 11.9. The predicted molar refractivity (Wildman–Crippen MR) is 85.3 cm³/mol. The summed E-state index contributed by atoms with van der Waals surface area (Å²) in [6.45, 7) is 2.16. The van der Waals surface area contributed by atoms with Gasteiger partial charge in [-0.25, -0.2) is 0 Å². The molecule has 114 valence electrons. The maximum Gasteiger partial charge on any atom is 0.248 e. The Bertz CT molecular complexity index is 702. The van der Waals surface area contributed by atoms with E-state index < -0.39 is 0 Å². The van der Waals surface area contributed by atoms with Gasteiger partial charge in [0.05, 0.1) is 6.61 Å². The number of anilines is 1. The first-order valence-corrected chi connectivity index (χ1v) is 7.44. The second-order valence-electron chi connectivity index (χ2n) is 5.74. The zero-order valence-corrected chi connectivity index (χ0v) is 12.5. The van der Waals surface area contributed by atoms with Crippen molar-refractivity contribution in [1.29, 1.82) is 0 Å². The van der Waals surface area contributed by atoms with E-state index in [1.165, 1.54) is 12.5 Å². The summed E-state index contributed by atoms with van der Waals surface area (Å²) in [4.78, 5) is 11.9. The molecule has 0 saturated heterocycles. The zero-order chi connectivity index (χ0) is 15.5.